The van der Waals surface area contributed by atoms with Gasteiger partial charge in [-0.1, -0.05) is 18.2 Å². The zero-order chi connectivity index (χ0) is 21.2. The topological polar surface area (TPSA) is 65.9 Å². The lowest BCUT2D eigenvalue weighted by Crippen LogP contribution is -2.38. The van der Waals surface area contributed by atoms with Crippen molar-refractivity contribution in [1.29, 1.82) is 0 Å². The molecule has 2 aromatic rings. The van der Waals surface area contributed by atoms with Crippen LogP contribution in [0.2, 0.25) is 0 Å². The Labute approximate surface area is 189 Å². The van der Waals surface area contributed by atoms with Crippen molar-refractivity contribution in [2.45, 2.75) is 26.1 Å². The minimum absolute atomic E-state index is 0. The number of guanidine groups is 1. The summed E-state index contributed by atoms with van der Waals surface area (Å²) in [6.45, 7) is -0.277. The van der Waals surface area contributed by atoms with E-state index < -0.39 is 24.3 Å². The summed E-state index contributed by atoms with van der Waals surface area (Å²) < 4.78 is 55.9. The Morgan fingerprint density at radius 1 is 1.07 bits per heavy atom. The smallest absolute Gasteiger partial charge is 0.387 e. The van der Waals surface area contributed by atoms with Gasteiger partial charge in [-0.25, -0.2) is 8.78 Å². The van der Waals surface area contributed by atoms with E-state index in [0.29, 0.717) is 18.1 Å². The van der Waals surface area contributed by atoms with Crippen LogP contribution in [0.5, 0.6) is 5.75 Å². The fraction of sp³-hybridized carbons (Fsp3) is 0.350. The molecule has 1 atom stereocenters. The number of hydrogen-bond donors (Lipinski definition) is 3. The minimum Gasteiger partial charge on any atom is -0.435 e. The molecule has 3 N–H and O–H groups in total. The predicted octanol–water partition coefficient (Wildman–Crippen LogP) is 4.02. The molecular formula is C20H24F4IN3O2. The van der Waals surface area contributed by atoms with E-state index in [4.69, 9.17) is 0 Å². The second kappa shape index (κ2) is 13.3. The zero-order valence-electron chi connectivity index (χ0n) is 16.2. The molecule has 0 radical (unpaired) electrons. The molecule has 0 spiro atoms. The fourth-order valence-electron chi connectivity index (χ4n) is 2.57. The summed E-state index contributed by atoms with van der Waals surface area (Å²) in [6.07, 6.45) is -0.841. The average molecular weight is 541 g/mol. The number of nitrogens with one attached hydrogen (secondary N) is 2. The number of nitrogens with zero attached hydrogens (tertiary/aromatic N) is 1. The van der Waals surface area contributed by atoms with Gasteiger partial charge in [0.15, 0.2) is 5.96 Å². The van der Waals surface area contributed by atoms with E-state index in [1.54, 1.807) is 0 Å². The lowest BCUT2D eigenvalue weighted by molar-refractivity contribution is -0.0498. The summed E-state index contributed by atoms with van der Waals surface area (Å²) in [5.74, 6) is -0.845. The molecule has 0 aromatic heterocycles. The zero-order valence-corrected chi connectivity index (χ0v) is 18.6. The summed E-state index contributed by atoms with van der Waals surface area (Å²) in [7, 11) is 0. The Morgan fingerprint density at radius 2 is 1.70 bits per heavy atom. The highest BCUT2D eigenvalue weighted by Crippen LogP contribution is 2.19. The SMILES string of the molecule is CCNC(=NCC(O)c1ccc(OC(F)F)cc1)NCCc1c(F)cccc1F.I. The van der Waals surface area contributed by atoms with E-state index in [0.717, 1.165) is 0 Å². The van der Waals surface area contributed by atoms with Gasteiger partial charge in [-0.15, -0.1) is 24.0 Å². The Hall–Kier alpha value is -2.08. The van der Waals surface area contributed by atoms with Crippen LogP contribution < -0.4 is 15.4 Å². The molecule has 166 valence electrons. The lowest BCUT2D eigenvalue weighted by atomic mass is 10.1. The van der Waals surface area contributed by atoms with Crippen molar-refractivity contribution < 1.29 is 27.4 Å². The second-order valence-corrected chi connectivity index (χ2v) is 6.06. The molecular weight excluding hydrogens is 517 g/mol. The Kier molecular flexibility index (Phi) is 11.5. The van der Waals surface area contributed by atoms with Crippen LogP contribution in [0.3, 0.4) is 0 Å². The Bertz CT molecular complexity index is 787. The Morgan fingerprint density at radius 3 is 2.27 bits per heavy atom. The molecule has 0 aliphatic rings. The second-order valence-electron chi connectivity index (χ2n) is 6.06. The first-order chi connectivity index (χ1) is 13.9. The highest BCUT2D eigenvalue weighted by molar-refractivity contribution is 14.0. The van der Waals surface area contributed by atoms with Crippen molar-refractivity contribution in [1.82, 2.24) is 10.6 Å². The molecule has 0 bridgehead atoms. The first-order valence-electron chi connectivity index (χ1n) is 9.08. The van der Waals surface area contributed by atoms with Gasteiger partial charge >= 0.3 is 6.61 Å². The van der Waals surface area contributed by atoms with Crippen molar-refractivity contribution in [3.8, 4) is 5.75 Å². The first-order valence-corrected chi connectivity index (χ1v) is 9.08. The van der Waals surface area contributed by atoms with Gasteiger partial charge in [0, 0.05) is 18.7 Å². The summed E-state index contributed by atoms with van der Waals surface area (Å²) in [5, 5.41) is 16.2. The maximum Gasteiger partial charge on any atom is 0.387 e. The minimum atomic E-state index is -2.91. The van der Waals surface area contributed by atoms with E-state index in [9.17, 15) is 22.7 Å². The van der Waals surface area contributed by atoms with Crippen LogP contribution in [-0.4, -0.2) is 37.3 Å². The van der Waals surface area contributed by atoms with Gasteiger partial charge in [0.1, 0.15) is 17.4 Å². The van der Waals surface area contributed by atoms with E-state index in [1.165, 1.54) is 42.5 Å². The van der Waals surface area contributed by atoms with Gasteiger partial charge in [-0.05, 0) is 43.2 Å². The lowest BCUT2D eigenvalue weighted by Gasteiger charge is -2.14. The first kappa shape index (κ1) is 26.0. The maximum absolute atomic E-state index is 13.7. The van der Waals surface area contributed by atoms with E-state index in [1.807, 2.05) is 6.92 Å². The molecule has 2 rings (SSSR count). The van der Waals surface area contributed by atoms with Crippen molar-refractivity contribution >= 4 is 29.9 Å². The van der Waals surface area contributed by atoms with Crippen molar-refractivity contribution in [2.75, 3.05) is 19.6 Å². The number of aliphatic hydroxyl groups is 1. The third-order valence-electron chi connectivity index (χ3n) is 3.99. The number of alkyl halides is 2. The molecule has 30 heavy (non-hydrogen) atoms. The van der Waals surface area contributed by atoms with E-state index in [2.05, 4.69) is 20.4 Å². The molecule has 0 heterocycles. The van der Waals surface area contributed by atoms with E-state index in [-0.39, 0.29) is 54.8 Å². The third-order valence-corrected chi connectivity index (χ3v) is 3.99. The molecule has 5 nitrogen and oxygen atoms in total. The predicted molar refractivity (Wildman–Crippen MR) is 117 cm³/mol. The number of aliphatic imine (C=N–C) groups is 1. The van der Waals surface area contributed by atoms with Gasteiger partial charge < -0.3 is 20.5 Å². The van der Waals surface area contributed by atoms with Gasteiger partial charge in [-0.3, -0.25) is 4.99 Å². The molecule has 2 aromatic carbocycles. The Balaban J connectivity index is 0.00000450. The van der Waals surface area contributed by atoms with Gasteiger partial charge in [0.2, 0.25) is 0 Å². The highest BCUT2D eigenvalue weighted by atomic mass is 127. The van der Waals surface area contributed by atoms with Crippen molar-refractivity contribution in [3.63, 3.8) is 0 Å². The van der Waals surface area contributed by atoms with E-state index >= 15 is 0 Å². The van der Waals surface area contributed by atoms with Gasteiger partial charge in [0.25, 0.3) is 0 Å². The molecule has 0 fully saturated rings. The highest BCUT2D eigenvalue weighted by Gasteiger charge is 2.11. The van der Waals surface area contributed by atoms with Crippen LogP contribution in [0.4, 0.5) is 17.6 Å². The van der Waals surface area contributed by atoms with Gasteiger partial charge in [0.05, 0.1) is 12.6 Å². The third kappa shape index (κ3) is 8.34. The van der Waals surface area contributed by atoms with Crippen molar-refractivity contribution in [2.24, 2.45) is 4.99 Å². The molecule has 0 saturated heterocycles. The molecule has 0 aliphatic heterocycles. The van der Waals surface area contributed by atoms with Crippen LogP contribution in [0, 0.1) is 11.6 Å². The van der Waals surface area contributed by atoms with Crippen LogP contribution in [0.1, 0.15) is 24.2 Å². The van der Waals surface area contributed by atoms with Crippen LogP contribution in [-0.2, 0) is 6.42 Å². The molecule has 1 unspecified atom stereocenters. The number of aliphatic hydroxyl groups excluding tert-OH is 1. The number of benzene rings is 2. The summed E-state index contributed by atoms with van der Waals surface area (Å²) in [4.78, 5) is 4.24. The van der Waals surface area contributed by atoms with Crippen LogP contribution in [0.25, 0.3) is 0 Å². The molecule has 0 amide bonds. The molecule has 0 aliphatic carbocycles. The average Bonchev–Trinajstić information content (AvgIpc) is 2.68. The largest absolute Gasteiger partial charge is 0.435 e. The standard InChI is InChI=1S/C20H23F4N3O2.HI/c1-2-25-20(26-11-10-15-16(21)4-3-5-17(15)22)27-12-18(28)13-6-8-14(9-7-13)29-19(23)24;/h3-9,18-19,28H,2,10-12H2,1H3,(H2,25,26,27);1H. The summed E-state index contributed by atoms with van der Waals surface area (Å²) >= 11 is 0. The van der Waals surface area contributed by atoms with Crippen LogP contribution >= 0.6 is 24.0 Å². The number of halogens is 5. The normalized spacial score (nSPS) is 12.3. The monoisotopic (exact) mass is 541 g/mol. The quantitative estimate of drug-likeness (QED) is 0.194. The number of ether oxygens (including phenoxy) is 1. The number of hydrogen-bond acceptors (Lipinski definition) is 3. The van der Waals surface area contributed by atoms with Crippen molar-refractivity contribution in [3.05, 3.63) is 65.2 Å². The summed E-state index contributed by atoms with van der Waals surface area (Å²) in [6, 6.07) is 9.32. The molecule has 0 saturated carbocycles. The number of rotatable bonds is 9. The van der Waals surface area contributed by atoms with Gasteiger partial charge in [-0.2, -0.15) is 8.78 Å². The van der Waals surface area contributed by atoms with Crippen LogP contribution in [0.15, 0.2) is 47.5 Å². The molecule has 10 heteroatoms. The summed E-state index contributed by atoms with van der Waals surface area (Å²) in [5.41, 5.74) is 0.474. The fourth-order valence-corrected chi connectivity index (χ4v) is 2.57. The maximum atomic E-state index is 13.7.